The molecule has 17 heteroatoms. The minimum Gasteiger partial charge on any atom is -0.507 e. The number of rotatable bonds is 13. The molecule has 4 rings (SSSR count). The van der Waals surface area contributed by atoms with Crippen molar-refractivity contribution in [2.75, 3.05) is 31.9 Å². The first-order valence-corrected chi connectivity index (χ1v) is 16.2. The van der Waals surface area contributed by atoms with Gasteiger partial charge in [-0.05, 0) is 38.2 Å². The number of amides is 1. The van der Waals surface area contributed by atoms with Crippen molar-refractivity contribution in [3.63, 3.8) is 0 Å². The number of unbranched alkanes of at least 4 members (excludes halogenated alkanes) is 1. The number of aromatic nitrogens is 4. The fourth-order valence-electron chi connectivity index (χ4n) is 4.55. The van der Waals surface area contributed by atoms with Gasteiger partial charge in [-0.25, -0.2) is 24.1 Å². The number of para-hydroxylation sites is 1. The highest BCUT2D eigenvalue weighted by Gasteiger charge is 2.49. The molecule has 1 amide bonds. The van der Waals surface area contributed by atoms with Crippen LogP contribution in [0.2, 0.25) is 0 Å². The summed E-state index contributed by atoms with van der Waals surface area (Å²) in [6, 6.07) is 5.36. The molecule has 1 aliphatic rings. The number of carbonyl (C=O) groups excluding carboxylic acids is 2. The molecule has 5 N–H and O–H groups in total. The summed E-state index contributed by atoms with van der Waals surface area (Å²) in [5.74, 6) is -2.12. The molecule has 1 saturated heterocycles. The highest BCUT2D eigenvalue weighted by Crippen LogP contribution is 2.36. The molecule has 3 heterocycles. The Bertz CT molecular complexity index is 1530. The molecule has 0 bridgehead atoms. The monoisotopic (exact) mass is 652 g/mol. The van der Waals surface area contributed by atoms with Gasteiger partial charge in [0.1, 0.15) is 23.7 Å². The van der Waals surface area contributed by atoms with Crippen LogP contribution in [-0.4, -0.2) is 94.4 Å². The van der Waals surface area contributed by atoms with Crippen molar-refractivity contribution in [1.29, 1.82) is 0 Å². The van der Waals surface area contributed by atoms with Crippen molar-refractivity contribution in [2.24, 2.45) is 0 Å². The van der Waals surface area contributed by atoms with Gasteiger partial charge in [0.05, 0.1) is 11.9 Å². The maximum absolute atomic E-state index is 15.7. The predicted octanol–water partition coefficient (Wildman–Crippen LogP) is 2.06. The third kappa shape index (κ3) is 9.29. The largest absolute Gasteiger partial charge is 0.507 e. The van der Waals surface area contributed by atoms with Crippen molar-refractivity contribution in [1.82, 2.24) is 33.9 Å². The number of nitrogens with zero attached hydrogens (tertiary/aromatic N) is 5. The lowest BCUT2D eigenvalue weighted by Crippen LogP contribution is -2.46. The Morgan fingerprint density at radius 3 is 2.44 bits per heavy atom. The van der Waals surface area contributed by atoms with E-state index in [1.165, 1.54) is 61.1 Å². The number of nitrogens with two attached hydrogens (primary N) is 1. The molecule has 3 aromatic rings. The van der Waals surface area contributed by atoms with Crippen LogP contribution in [0.3, 0.4) is 0 Å². The number of carbonyl (C=O) groups is 2. The minimum absolute atomic E-state index is 0.0389. The standard InChI is InChI=1S/C22H26FN7O7S.C6H15N/c1-2-3-8-15(32)37-18-14(9-28-38(34,35)29-21(33)12-6-4-5-7-13(12)31)36-22(16(18)23)30-11-27-17-19(24)25-10-26-20(17)30;1-4-7(5-2)6-3/h4-7,10-11,14,16,18,22,28,31H,2-3,8-9H2,1H3,(H,29,33)(H2,24,25,26);4-6H2,1-3H3/t14-,16-,18-,22-;/m1./s1. The van der Waals surface area contributed by atoms with Crippen molar-refractivity contribution >= 4 is 39.1 Å². The number of benzene rings is 1. The van der Waals surface area contributed by atoms with E-state index in [0.717, 1.165) is 0 Å². The molecule has 0 radical (unpaired) electrons. The summed E-state index contributed by atoms with van der Waals surface area (Å²) in [6.07, 6.45) is -2.42. The molecule has 0 saturated carbocycles. The second kappa shape index (κ2) is 16.4. The van der Waals surface area contributed by atoms with Gasteiger partial charge in [-0.3, -0.25) is 14.2 Å². The number of anilines is 1. The lowest BCUT2D eigenvalue weighted by Gasteiger charge is -2.20. The molecule has 2 aromatic heterocycles. The predicted molar refractivity (Wildman–Crippen MR) is 164 cm³/mol. The lowest BCUT2D eigenvalue weighted by molar-refractivity contribution is -0.153. The van der Waals surface area contributed by atoms with Crippen LogP contribution in [0.4, 0.5) is 10.2 Å². The Morgan fingerprint density at radius 2 is 1.82 bits per heavy atom. The van der Waals surface area contributed by atoms with E-state index in [9.17, 15) is 23.1 Å². The number of hydrogen-bond donors (Lipinski definition) is 4. The molecule has 0 spiro atoms. The summed E-state index contributed by atoms with van der Waals surface area (Å²) < 4.78 is 57.0. The van der Waals surface area contributed by atoms with Crippen LogP contribution in [0.5, 0.6) is 5.75 Å². The maximum atomic E-state index is 15.7. The minimum atomic E-state index is -4.49. The van der Waals surface area contributed by atoms with Gasteiger partial charge in [-0.1, -0.05) is 46.2 Å². The Balaban J connectivity index is 0.000000707. The highest BCUT2D eigenvalue weighted by molar-refractivity contribution is 7.88. The van der Waals surface area contributed by atoms with Crippen molar-refractivity contribution in [2.45, 2.75) is 71.6 Å². The summed E-state index contributed by atoms with van der Waals surface area (Å²) in [6.45, 7) is 11.4. The number of hydrogen-bond acceptors (Lipinski definition) is 12. The highest BCUT2D eigenvalue weighted by atomic mass is 32.2. The topological polar surface area (TPSA) is 204 Å². The average Bonchev–Trinajstić information content (AvgIpc) is 3.57. The SMILES string of the molecule is CCCCC(=O)O[C@H]1[C@@H](F)[C@H](n2cnc3c(N)ncnc32)O[C@@H]1CNS(=O)(=O)NC(=O)c1ccccc1O.CCN(CC)CC. The number of fused-ring (bicyclic) bond motifs is 1. The summed E-state index contributed by atoms with van der Waals surface area (Å²) in [5, 5.41) is 9.79. The Labute approximate surface area is 261 Å². The molecule has 15 nitrogen and oxygen atoms in total. The Morgan fingerprint density at radius 1 is 1.13 bits per heavy atom. The zero-order valence-corrected chi connectivity index (χ0v) is 26.5. The Hall–Kier alpha value is -3.93. The number of alkyl halides is 1. The number of nitrogens with one attached hydrogen (secondary N) is 2. The molecule has 1 aromatic carbocycles. The fraction of sp³-hybridized carbons (Fsp3) is 0.536. The van der Waals surface area contributed by atoms with Crippen LogP contribution in [-0.2, 0) is 24.5 Å². The van der Waals surface area contributed by atoms with Crippen molar-refractivity contribution < 1.29 is 37.0 Å². The summed E-state index contributed by atoms with van der Waals surface area (Å²) in [4.78, 5) is 39.0. The normalized spacial score (nSPS) is 19.7. The summed E-state index contributed by atoms with van der Waals surface area (Å²) in [5.41, 5.74) is 5.90. The van der Waals surface area contributed by atoms with Gasteiger partial charge in [-0.15, -0.1) is 0 Å². The molecule has 45 heavy (non-hydrogen) atoms. The fourth-order valence-corrected chi connectivity index (χ4v) is 5.36. The zero-order valence-electron chi connectivity index (χ0n) is 25.7. The van der Waals surface area contributed by atoms with Gasteiger partial charge in [0.2, 0.25) is 0 Å². The van der Waals surface area contributed by atoms with E-state index in [1.807, 2.05) is 6.92 Å². The van der Waals surface area contributed by atoms with E-state index < -0.39 is 59.0 Å². The van der Waals surface area contributed by atoms with E-state index in [4.69, 9.17) is 15.2 Å². The van der Waals surface area contributed by atoms with Crippen LogP contribution in [0.15, 0.2) is 36.9 Å². The first kappa shape index (κ1) is 35.5. The van der Waals surface area contributed by atoms with Crippen LogP contribution in [0, 0.1) is 0 Å². The number of halogens is 1. The van der Waals surface area contributed by atoms with Crippen molar-refractivity contribution in [3.8, 4) is 5.75 Å². The Kier molecular flexibility index (Phi) is 13.0. The quantitative estimate of drug-likeness (QED) is 0.196. The first-order valence-electron chi connectivity index (χ1n) is 14.7. The van der Waals surface area contributed by atoms with Gasteiger partial charge >= 0.3 is 16.2 Å². The first-order chi connectivity index (χ1) is 21.5. The van der Waals surface area contributed by atoms with Crippen LogP contribution in [0.1, 0.15) is 63.5 Å². The molecular weight excluding hydrogens is 611 g/mol. The molecule has 4 atom stereocenters. The summed E-state index contributed by atoms with van der Waals surface area (Å²) >= 11 is 0. The number of nitrogen functional groups attached to an aromatic ring is 1. The van der Waals surface area contributed by atoms with Gasteiger partial charge in [0.15, 0.2) is 30.0 Å². The number of esters is 1. The zero-order chi connectivity index (χ0) is 33.1. The number of imidazole rings is 1. The number of phenols is 1. The van der Waals surface area contributed by atoms with E-state index in [-0.39, 0.29) is 29.0 Å². The van der Waals surface area contributed by atoms with Gasteiger partial charge in [0.25, 0.3) is 5.91 Å². The van der Waals surface area contributed by atoms with Gasteiger partial charge in [-0.2, -0.15) is 13.1 Å². The third-order valence-electron chi connectivity index (χ3n) is 7.12. The van der Waals surface area contributed by atoms with E-state index in [1.54, 1.807) is 4.72 Å². The van der Waals surface area contributed by atoms with Crippen molar-refractivity contribution in [3.05, 3.63) is 42.5 Å². The lowest BCUT2D eigenvalue weighted by atomic mass is 10.1. The molecule has 0 aliphatic carbocycles. The molecule has 0 unspecified atom stereocenters. The van der Waals surface area contributed by atoms with Crippen LogP contribution in [0.25, 0.3) is 11.2 Å². The molecular formula is C28H41FN8O7S. The smallest absolute Gasteiger partial charge is 0.306 e. The maximum Gasteiger partial charge on any atom is 0.306 e. The van der Waals surface area contributed by atoms with Gasteiger partial charge in [0, 0.05) is 13.0 Å². The van der Waals surface area contributed by atoms with E-state index >= 15 is 4.39 Å². The average molecular weight is 653 g/mol. The second-order valence-corrected chi connectivity index (χ2v) is 11.6. The second-order valence-electron chi connectivity index (χ2n) is 10.1. The van der Waals surface area contributed by atoms with E-state index in [0.29, 0.717) is 12.8 Å². The molecule has 1 fully saturated rings. The third-order valence-corrected chi connectivity index (χ3v) is 8.12. The molecule has 248 valence electrons. The van der Waals surface area contributed by atoms with Gasteiger partial charge < -0.3 is 25.2 Å². The van der Waals surface area contributed by atoms with Crippen LogP contribution < -0.4 is 15.2 Å². The number of phenolic OH excluding ortho intramolecular Hbond substituents is 1. The number of ether oxygens (including phenoxy) is 2. The summed E-state index contributed by atoms with van der Waals surface area (Å²) in [7, 11) is -4.49. The van der Waals surface area contributed by atoms with Crippen LogP contribution >= 0.6 is 0 Å². The number of aromatic hydroxyl groups is 1. The van der Waals surface area contributed by atoms with E-state index in [2.05, 4.69) is 45.3 Å². The molecule has 1 aliphatic heterocycles.